The van der Waals surface area contributed by atoms with Gasteiger partial charge in [0.1, 0.15) is 5.82 Å². The summed E-state index contributed by atoms with van der Waals surface area (Å²) in [4.78, 5) is 0. The number of rotatable bonds is 0. The summed E-state index contributed by atoms with van der Waals surface area (Å²) in [5, 5.41) is 0.596. The van der Waals surface area contributed by atoms with Crippen LogP contribution in [0.1, 0.15) is 19.4 Å². The van der Waals surface area contributed by atoms with E-state index in [1.54, 1.807) is 6.92 Å². The molecule has 1 aromatic rings. The summed E-state index contributed by atoms with van der Waals surface area (Å²) in [6, 6.07) is 2.73. The predicted molar refractivity (Wildman–Crippen MR) is 52.5 cm³/mol. The molecule has 0 heterocycles. The van der Waals surface area contributed by atoms with Gasteiger partial charge in [-0.1, -0.05) is 37.0 Å². The Labute approximate surface area is 82.3 Å². The van der Waals surface area contributed by atoms with Crippen LogP contribution in [0.25, 0.3) is 0 Å². The van der Waals surface area contributed by atoms with Gasteiger partial charge in [-0.15, -0.1) is 0 Å². The van der Waals surface area contributed by atoms with E-state index in [1.165, 1.54) is 12.1 Å². The second-order valence-corrected chi connectivity index (χ2v) is 2.75. The summed E-state index contributed by atoms with van der Waals surface area (Å²) in [5.41, 5.74) is 0.586. The molecule has 0 N–H and O–H groups in total. The van der Waals surface area contributed by atoms with E-state index in [4.69, 9.17) is 23.2 Å². The highest BCUT2D eigenvalue weighted by atomic mass is 35.5. The van der Waals surface area contributed by atoms with E-state index in [2.05, 4.69) is 0 Å². The van der Waals surface area contributed by atoms with E-state index in [0.29, 0.717) is 10.6 Å². The van der Waals surface area contributed by atoms with Crippen molar-refractivity contribution in [1.82, 2.24) is 0 Å². The molecule has 0 fully saturated rings. The van der Waals surface area contributed by atoms with Crippen molar-refractivity contribution in [3.63, 3.8) is 0 Å². The van der Waals surface area contributed by atoms with Gasteiger partial charge in [0.25, 0.3) is 0 Å². The van der Waals surface area contributed by atoms with Crippen LogP contribution in [0.3, 0.4) is 0 Å². The lowest BCUT2D eigenvalue weighted by molar-refractivity contribution is 0.627. The molecule has 0 spiro atoms. The van der Waals surface area contributed by atoms with E-state index >= 15 is 0 Å². The van der Waals surface area contributed by atoms with Crippen LogP contribution in [0.2, 0.25) is 10.0 Å². The third-order valence-electron chi connectivity index (χ3n) is 1.27. The standard InChI is InChI=1S/C7H5Cl2F.C2H6/c1-4-5(8)2-3-6(10)7(4)9;1-2/h2-3H,1H3;1-2H3. The first-order valence-corrected chi connectivity index (χ1v) is 4.48. The SMILES string of the molecule is CC.Cc1c(Cl)ccc(F)c1Cl. The average molecular weight is 209 g/mol. The zero-order valence-corrected chi connectivity index (χ0v) is 8.80. The van der Waals surface area contributed by atoms with Gasteiger partial charge in [0.15, 0.2) is 0 Å². The quantitative estimate of drug-likeness (QED) is 0.553. The maximum absolute atomic E-state index is 12.6. The third-order valence-corrected chi connectivity index (χ3v) is 2.15. The number of halogens is 3. The molecule has 0 radical (unpaired) electrons. The van der Waals surface area contributed by atoms with Gasteiger partial charge in [-0.05, 0) is 24.6 Å². The van der Waals surface area contributed by atoms with E-state index in [1.807, 2.05) is 13.8 Å². The van der Waals surface area contributed by atoms with Crippen molar-refractivity contribution >= 4 is 23.2 Å². The fourth-order valence-corrected chi connectivity index (χ4v) is 0.999. The fourth-order valence-electron chi connectivity index (χ4n) is 0.628. The minimum atomic E-state index is -0.427. The molecule has 0 amide bonds. The Kier molecular flexibility index (Phi) is 5.27. The van der Waals surface area contributed by atoms with Gasteiger partial charge < -0.3 is 0 Å². The van der Waals surface area contributed by atoms with Gasteiger partial charge in [-0.3, -0.25) is 0 Å². The summed E-state index contributed by atoms with van der Waals surface area (Å²) in [6.45, 7) is 5.67. The molecular weight excluding hydrogens is 198 g/mol. The lowest BCUT2D eigenvalue weighted by Gasteiger charge is -1.99. The summed E-state index contributed by atoms with van der Waals surface area (Å²) in [5.74, 6) is -0.427. The van der Waals surface area contributed by atoms with Gasteiger partial charge in [0.05, 0.1) is 5.02 Å². The molecule has 3 heteroatoms. The molecule has 12 heavy (non-hydrogen) atoms. The van der Waals surface area contributed by atoms with E-state index in [-0.39, 0.29) is 5.02 Å². The van der Waals surface area contributed by atoms with E-state index in [9.17, 15) is 4.39 Å². The van der Waals surface area contributed by atoms with Crippen molar-refractivity contribution in [2.45, 2.75) is 20.8 Å². The zero-order valence-electron chi connectivity index (χ0n) is 7.29. The molecule has 0 aliphatic carbocycles. The second-order valence-electron chi connectivity index (χ2n) is 1.97. The van der Waals surface area contributed by atoms with Crippen molar-refractivity contribution in [2.24, 2.45) is 0 Å². The summed E-state index contributed by atoms with van der Waals surface area (Å²) >= 11 is 11.2. The Balaban J connectivity index is 0.000000561. The molecule has 0 unspecified atom stereocenters. The molecule has 0 saturated heterocycles. The molecule has 0 aliphatic rings. The molecule has 0 nitrogen and oxygen atoms in total. The number of hydrogen-bond donors (Lipinski definition) is 0. The van der Waals surface area contributed by atoms with Crippen molar-refractivity contribution in [3.8, 4) is 0 Å². The van der Waals surface area contributed by atoms with E-state index in [0.717, 1.165) is 0 Å². The van der Waals surface area contributed by atoms with Gasteiger partial charge in [0, 0.05) is 5.02 Å². The van der Waals surface area contributed by atoms with Crippen LogP contribution in [0.4, 0.5) is 4.39 Å². The molecule has 68 valence electrons. The first kappa shape index (κ1) is 11.7. The molecule has 0 aliphatic heterocycles. The fraction of sp³-hybridized carbons (Fsp3) is 0.333. The average Bonchev–Trinajstić information content (AvgIpc) is 2.12. The Hall–Kier alpha value is -0.270. The van der Waals surface area contributed by atoms with Crippen molar-refractivity contribution in [3.05, 3.63) is 33.6 Å². The van der Waals surface area contributed by atoms with Gasteiger partial charge in [-0.2, -0.15) is 0 Å². The smallest absolute Gasteiger partial charge is 0.142 e. The minimum Gasteiger partial charge on any atom is -0.205 e. The van der Waals surface area contributed by atoms with Crippen LogP contribution in [-0.4, -0.2) is 0 Å². The highest BCUT2D eigenvalue weighted by molar-refractivity contribution is 6.35. The van der Waals surface area contributed by atoms with Gasteiger partial charge >= 0.3 is 0 Å². The molecule has 1 rings (SSSR count). The van der Waals surface area contributed by atoms with Crippen LogP contribution < -0.4 is 0 Å². The normalized spacial score (nSPS) is 8.83. The minimum absolute atomic E-state index is 0.104. The Morgan fingerprint density at radius 1 is 1.17 bits per heavy atom. The largest absolute Gasteiger partial charge is 0.205 e. The Bertz CT molecular complexity index is 232. The van der Waals surface area contributed by atoms with Crippen molar-refractivity contribution in [1.29, 1.82) is 0 Å². The predicted octanol–water partition coefficient (Wildman–Crippen LogP) is 4.47. The number of hydrogen-bond acceptors (Lipinski definition) is 0. The van der Waals surface area contributed by atoms with Crippen LogP contribution in [-0.2, 0) is 0 Å². The van der Waals surface area contributed by atoms with Crippen LogP contribution in [0.5, 0.6) is 0 Å². The second kappa shape index (κ2) is 5.39. The molecule has 0 atom stereocenters. The summed E-state index contributed by atoms with van der Waals surface area (Å²) in [7, 11) is 0. The third kappa shape index (κ3) is 2.65. The highest BCUT2D eigenvalue weighted by Crippen LogP contribution is 2.25. The lowest BCUT2D eigenvalue weighted by Crippen LogP contribution is -1.81. The lowest BCUT2D eigenvalue weighted by atomic mass is 10.2. The van der Waals surface area contributed by atoms with Gasteiger partial charge in [-0.25, -0.2) is 4.39 Å². The van der Waals surface area contributed by atoms with Crippen molar-refractivity contribution < 1.29 is 4.39 Å². The molecular formula is C9H11Cl2F. The van der Waals surface area contributed by atoms with Gasteiger partial charge in [0.2, 0.25) is 0 Å². The Morgan fingerprint density at radius 2 is 1.67 bits per heavy atom. The maximum atomic E-state index is 12.6. The molecule has 0 bridgehead atoms. The van der Waals surface area contributed by atoms with Crippen LogP contribution in [0.15, 0.2) is 12.1 Å². The summed E-state index contributed by atoms with van der Waals surface area (Å²) in [6.07, 6.45) is 0. The topological polar surface area (TPSA) is 0 Å². The van der Waals surface area contributed by atoms with Crippen molar-refractivity contribution in [2.75, 3.05) is 0 Å². The van der Waals surface area contributed by atoms with E-state index < -0.39 is 5.82 Å². The summed E-state index contributed by atoms with van der Waals surface area (Å²) < 4.78 is 12.6. The molecule has 0 saturated carbocycles. The monoisotopic (exact) mass is 208 g/mol. The first-order valence-electron chi connectivity index (χ1n) is 3.73. The first-order chi connectivity index (χ1) is 5.63. The Morgan fingerprint density at radius 3 is 2.08 bits per heavy atom. The van der Waals surface area contributed by atoms with Crippen LogP contribution >= 0.6 is 23.2 Å². The molecule has 1 aromatic carbocycles. The molecule has 0 aromatic heterocycles. The maximum Gasteiger partial charge on any atom is 0.142 e. The highest BCUT2D eigenvalue weighted by Gasteiger charge is 2.04. The zero-order chi connectivity index (χ0) is 9.72. The van der Waals surface area contributed by atoms with Crippen LogP contribution in [0, 0.1) is 12.7 Å². The number of benzene rings is 1.